The first-order valence-electron chi connectivity index (χ1n) is 3.56. The molecule has 0 N–H and O–H groups in total. The minimum atomic E-state index is -6.46. The van der Waals surface area contributed by atoms with E-state index in [1.54, 1.807) is 0 Å². The van der Waals surface area contributed by atoms with Crippen molar-refractivity contribution < 1.29 is 39.5 Å². The van der Waals surface area contributed by atoms with Gasteiger partial charge in [-0.05, 0) is 6.26 Å². The third-order valence-corrected chi connectivity index (χ3v) is 3.35. The highest BCUT2D eigenvalue weighted by atomic mass is 32.2. The smallest absolute Gasteiger partial charge is 0.218 e. The normalized spacial score (nSPS) is 32.6. The fraction of sp³-hybridized carbons (Fsp3) is 1.00. The minimum Gasteiger partial charge on any atom is -0.218 e. The quantitative estimate of drug-likeness (QED) is 0.661. The minimum absolute atomic E-state index is 0.277. The molecule has 0 radical (unpaired) electrons. The van der Waals surface area contributed by atoms with Crippen LogP contribution in [-0.2, 0) is 0 Å². The van der Waals surface area contributed by atoms with Crippen molar-refractivity contribution in [2.75, 3.05) is 6.26 Å². The van der Waals surface area contributed by atoms with Crippen LogP contribution in [0.25, 0.3) is 0 Å². The van der Waals surface area contributed by atoms with Crippen LogP contribution in [-0.4, -0.2) is 34.9 Å². The predicted molar refractivity (Wildman–Crippen MR) is 37.1 cm³/mol. The molecule has 1 rings (SSSR count). The van der Waals surface area contributed by atoms with Crippen molar-refractivity contribution in [1.82, 2.24) is 0 Å². The summed E-state index contributed by atoms with van der Waals surface area (Å²) in [5, 5.41) is -5.35. The molecule has 16 heavy (non-hydrogen) atoms. The highest BCUT2D eigenvalue weighted by Crippen LogP contribution is 2.71. The van der Waals surface area contributed by atoms with Gasteiger partial charge in [0.25, 0.3) is 5.00 Å². The Balaban J connectivity index is 3.58. The van der Waals surface area contributed by atoms with E-state index in [2.05, 4.69) is 0 Å². The fourth-order valence-electron chi connectivity index (χ4n) is 1.25. The van der Waals surface area contributed by atoms with E-state index in [0.29, 0.717) is 0 Å². The lowest BCUT2D eigenvalue weighted by Gasteiger charge is -2.28. The molecule has 0 unspecified atom stereocenters. The van der Waals surface area contributed by atoms with Crippen molar-refractivity contribution >= 4 is 11.8 Å². The third kappa shape index (κ3) is 0.975. The maximum absolute atomic E-state index is 13.1. The van der Waals surface area contributed by atoms with Crippen molar-refractivity contribution in [3.8, 4) is 0 Å². The molecule has 0 bridgehead atoms. The molecule has 0 nitrogen and oxygen atoms in total. The van der Waals surface area contributed by atoms with Crippen molar-refractivity contribution in [2.45, 2.75) is 28.7 Å². The Morgan fingerprint density at radius 1 is 0.562 bits per heavy atom. The molecule has 0 atom stereocenters. The molecule has 96 valence electrons. The van der Waals surface area contributed by atoms with E-state index in [0.717, 1.165) is 0 Å². The van der Waals surface area contributed by atoms with Gasteiger partial charge in [0.15, 0.2) is 0 Å². The van der Waals surface area contributed by atoms with Gasteiger partial charge in [-0.3, -0.25) is 0 Å². The van der Waals surface area contributed by atoms with Crippen molar-refractivity contribution in [3.63, 3.8) is 0 Å². The molecule has 0 spiro atoms. The average Bonchev–Trinajstić information content (AvgIpc) is 2.18. The lowest BCUT2D eigenvalue weighted by atomic mass is 10.2. The first-order chi connectivity index (χ1) is 6.81. The van der Waals surface area contributed by atoms with Crippen LogP contribution in [0.2, 0.25) is 0 Å². The number of thioether (sulfide) groups is 1. The third-order valence-electron chi connectivity index (χ3n) is 2.27. The van der Waals surface area contributed by atoms with Gasteiger partial charge in [-0.1, -0.05) is 0 Å². The number of hydrogen-bond donors (Lipinski definition) is 0. The van der Waals surface area contributed by atoms with Gasteiger partial charge in [0, 0.05) is 0 Å². The SMILES string of the molecule is CSC1(F)C(F)(F)C(F)(F)C(F)(F)C1(F)F. The molecule has 0 aromatic heterocycles. The Kier molecular flexibility index (Phi) is 2.53. The predicted octanol–water partition coefficient (Wildman–Crippen LogP) is 3.57. The van der Waals surface area contributed by atoms with E-state index in [1.807, 2.05) is 0 Å². The van der Waals surface area contributed by atoms with Gasteiger partial charge in [0.2, 0.25) is 0 Å². The molecule has 0 aliphatic heterocycles. The van der Waals surface area contributed by atoms with Crippen LogP contribution in [0.4, 0.5) is 39.5 Å². The fourth-order valence-corrected chi connectivity index (χ4v) is 2.02. The van der Waals surface area contributed by atoms with Gasteiger partial charge in [-0.25, -0.2) is 4.39 Å². The second-order valence-corrected chi connectivity index (χ2v) is 4.07. The Hall–Kier alpha value is -0.280. The van der Waals surface area contributed by atoms with Gasteiger partial charge in [-0.2, -0.15) is 35.1 Å². The molecule has 0 aromatic carbocycles. The maximum Gasteiger partial charge on any atom is 0.382 e. The molecule has 1 aliphatic carbocycles. The first kappa shape index (κ1) is 13.8. The Bertz CT molecular complexity index is 283. The van der Waals surface area contributed by atoms with E-state index in [4.69, 9.17) is 0 Å². The summed E-state index contributed by atoms with van der Waals surface area (Å²) in [7, 11) is 0. The largest absolute Gasteiger partial charge is 0.382 e. The maximum atomic E-state index is 13.1. The topological polar surface area (TPSA) is 0 Å². The number of hydrogen-bond acceptors (Lipinski definition) is 1. The van der Waals surface area contributed by atoms with Crippen LogP contribution in [0.3, 0.4) is 0 Å². The molecule has 1 saturated carbocycles. The van der Waals surface area contributed by atoms with E-state index >= 15 is 0 Å². The summed E-state index contributed by atoms with van der Waals surface area (Å²) in [5.41, 5.74) is 0. The highest BCUT2D eigenvalue weighted by Gasteiger charge is 3.00. The molecule has 1 aliphatic rings. The summed E-state index contributed by atoms with van der Waals surface area (Å²) in [6.45, 7) is 0. The van der Waals surface area contributed by atoms with Crippen molar-refractivity contribution in [1.29, 1.82) is 0 Å². The number of rotatable bonds is 1. The number of alkyl halides is 9. The zero-order valence-electron chi connectivity index (χ0n) is 7.31. The molecule has 1 fully saturated rings. The summed E-state index contributed by atoms with van der Waals surface area (Å²) in [6.07, 6.45) is 0.277. The van der Waals surface area contributed by atoms with E-state index in [1.165, 1.54) is 0 Å². The summed E-state index contributed by atoms with van der Waals surface area (Å²) in [6, 6.07) is 0. The molecule has 0 saturated heterocycles. The lowest BCUT2D eigenvalue weighted by molar-refractivity contribution is -0.303. The van der Waals surface area contributed by atoms with Crippen LogP contribution in [0, 0.1) is 0 Å². The van der Waals surface area contributed by atoms with Crippen molar-refractivity contribution in [2.24, 2.45) is 0 Å². The first-order valence-corrected chi connectivity index (χ1v) is 4.79. The van der Waals surface area contributed by atoms with Crippen LogP contribution >= 0.6 is 11.8 Å². The summed E-state index contributed by atoms with van der Waals surface area (Å²) in [5.74, 6) is -25.3. The highest BCUT2D eigenvalue weighted by molar-refractivity contribution is 8.00. The second kappa shape index (κ2) is 2.94. The van der Waals surface area contributed by atoms with Gasteiger partial charge >= 0.3 is 23.7 Å². The lowest BCUT2D eigenvalue weighted by Crippen LogP contribution is -2.51. The molecular weight excluding hydrogens is 275 g/mol. The molecule has 0 amide bonds. The zero-order valence-corrected chi connectivity index (χ0v) is 8.13. The zero-order chi connectivity index (χ0) is 13.2. The monoisotopic (exact) mass is 278 g/mol. The van der Waals surface area contributed by atoms with Crippen LogP contribution in [0.5, 0.6) is 0 Å². The molecule has 10 heteroatoms. The Morgan fingerprint density at radius 3 is 0.938 bits per heavy atom. The standard InChI is InChI=1S/C6H3F9S/c1-16-6(15)4(11,12)2(7,8)3(9,10)5(6,13)14/h1H3. The van der Waals surface area contributed by atoms with Gasteiger partial charge < -0.3 is 0 Å². The Morgan fingerprint density at radius 2 is 0.812 bits per heavy atom. The number of halogens is 9. The van der Waals surface area contributed by atoms with E-state index < -0.39 is 40.5 Å². The summed E-state index contributed by atoms with van der Waals surface area (Å²) in [4.78, 5) is 0. The molecule has 0 heterocycles. The van der Waals surface area contributed by atoms with Gasteiger partial charge in [0.1, 0.15) is 0 Å². The van der Waals surface area contributed by atoms with Crippen molar-refractivity contribution in [3.05, 3.63) is 0 Å². The molecule has 0 aromatic rings. The average molecular weight is 278 g/mol. The Labute approximate surface area is 87.2 Å². The van der Waals surface area contributed by atoms with Gasteiger partial charge in [-0.15, -0.1) is 11.8 Å². The molecular formula is C6H3F9S. The van der Waals surface area contributed by atoms with Crippen LogP contribution < -0.4 is 0 Å². The van der Waals surface area contributed by atoms with E-state index in [-0.39, 0.29) is 6.26 Å². The van der Waals surface area contributed by atoms with Crippen LogP contribution in [0.15, 0.2) is 0 Å². The van der Waals surface area contributed by atoms with Gasteiger partial charge in [0.05, 0.1) is 0 Å². The summed E-state index contributed by atoms with van der Waals surface area (Å²) >= 11 is -1.07. The van der Waals surface area contributed by atoms with E-state index in [9.17, 15) is 39.5 Å². The second-order valence-electron chi connectivity index (χ2n) is 3.10. The van der Waals surface area contributed by atoms with Crippen LogP contribution in [0.1, 0.15) is 0 Å². The summed E-state index contributed by atoms with van der Waals surface area (Å²) < 4.78 is 113.